The van der Waals surface area contributed by atoms with Crippen LogP contribution in [-0.2, 0) is 19.1 Å². The first kappa shape index (κ1) is 25.7. The highest BCUT2D eigenvalue weighted by Gasteiger charge is 2.20. The lowest BCUT2D eigenvalue weighted by molar-refractivity contribution is -0.143. The predicted octanol–water partition coefficient (Wildman–Crippen LogP) is 6.23. The normalized spacial score (nSPS) is 12.3. The van der Waals surface area contributed by atoms with Crippen molar-refractivity contribution >= 4 is 11.9 Å². The van der Waals surface area contributed by atoms with E-state index in [9.17, 15) is 9.59 Å². The molecule has 0 aliphatic heterocycles. The molecule has 0 radical (unpaired) electrons. The first-order valence-electron chi connectivity index (χ1n) is 10.8. The molecule has 0 spiro atoms. The van der Waals surface area contributed by atoms with Crippen LogP contribution in [0.1, 0.15) is 99.3 Å². The molecule has 0 heterocycles. The van der Waals surface area contributed by atoms with E-state index in [4.69, 9.17) is 9.47 Å². The third kappa shape index (κ3) is 13.5. The molecular weight excluding hydrogens is 340 g/mol. The SMILES string of the molecule is CCCCCCCCCCC(C(=O)OCC(C)C)=C(C)C(=O)OCC(C)C. The van der Waals surface area contributed by atoms with Crippen molar-refractivity contribution in [2.24, 2.45) is 11.8 Å². The summed E-state index contributed by atoms with van der Waals surface area (Å²) < 4.78 is 10.7. The molecule has 0 rings (SSSR count). The number of carbonyl (C=O) groups excluding carboxylic acids is 2. The Labute approximate surface area is 167 Å². The molecule has 0 saturated heterocycles. The Bertz CT molecular complexity index is 449. The minimum absolute atomic E-state index is 0.269. The molecule has 158 valence electrons. The number of unbranched alkanes of at least 4 members (excludes halogenated alkanes) is 7. The van der Waals surface area contributed by atoms with Crippen LogP contribution < -0.4 is 0 Å². The average molecular weight is 383 g/mol. The van der Waals surface area contributed by atoms with E-state index in [1.165, 1.54) is 38.5 Å². The van der Waals surface area contributed by atoms with Gasteiger partial charge in [0, 0.05) is 11.1 Å². The molecule has 4 heteroatoms. The summed E-state index contributed by atoms with van der Waals surface area (Å²) in [5.41, 5.74) is 0.878. The number of carbonyl (C=O) groups is 2. The van der Waals surface area contributed by atoms with Gasteiger partial charge < -0.3 is 9.47 Å². The average Bonchev–Trinajstić information content (AvgIpc) is 2.62. The van der Waals surface area contributed by atoms with Gasteiger partial charge in [-0.3, -0.25) is 0 Å². The summed E-state index contributed by atoms with van der Waals surface area (Å²) in [5.74, 6) is -0.234. The second-order valence-corrected chi connectivity index (χ2v) is 8.31. The Balaban J connectivity index is 4.66. The van der Waals surface area contributed by atoms with Gasteiger partial charge in [0.15, 0.2) is 0 Å². The molecule has 0 fully saturated rings. The van der Waals surface area contributed by atoms with Crippen molar-refractivity contribution in [3.05, 3.63) is 11.1 Å². The molecule has 4 nitrogen and oxygen atoms in total. The van der Waals surface area contributed by atoms with Crippen LogP contribution in [0, 0.1) is 11.8 Å². The molecule has 0 bridgehead atoms. The summed E-state index contributed by atoms with van der Waals surface area (Å²) in [7, 11) is 0. The molecule has 0 aromatic carbocycles. The lowest BCUT2D eigenvalue weighted by atomic mass is 10.0. The maximum absolute atomic E-state index is 12.5. The van der Waals surface area contributed by atoms with Gasteiger partial charge in [0.1, 0.15) is 0 Å². The fraction of sp³-hybridized carbons (Fsp3) is 0.826. The Morgan fingerprint density at radius 1 is 0.704 bits per heavy atom. The zero-order valence-corrected chi connectivity index (χ0v) is 18.6. The molecule has 0 amide bonds. The Morgan fingerprint density at radius 2 is 1.15 bits per heavy atom. The molecule has 0 saturated carbocycles. The van der Waals surface area contributed by atoms with Gasteiger partial charge in [0.2, 0.25) is 0 Å². The van der Waals surface area contributed by atoms with E-state index in [2.05, 4.69) is 6.92 Å². The van der Waals surface area contributed by atoms with Crippen LogP contribution in [0.25, 0.3) is 0 Å². The fourth-order valence-electron chi connectivity index (χ4n) is 2.68. The van der Waals surface area contributed by atoms with Crippen LogP contribution in [0.5, 0.6) is 0 Å². The summed E-state index contributed by atoms with van der Waals surface area (Å²) in [6.45, 7) is 12.6. The summed E-state index contributed by atoms with van der Waals surface area (Å²) in [4.78, 5) is 24.8. The molecule has 0 aromatic heterocycles. The number of hydrogen-bond acceptors (Lipinski definition) is 4. The first-order valence-corrected chi connectivity index (χ1v) is 10.8. The lowest BCUT2D eigenvalue weighted by Crippen LogP contribution is -2.18. The fourth-order valence-corrected chi connectivity index (χ4v) is 2.68. The molecule has 0 aliphatic carbocycles. The van der Waals surface area contributed by atoms with Gasteiger partial charge in [-0.2, -0.15) is 0 Å². The van der Waals surface area contributed by atoms with E-state index in [1.54, 1.807) is 6.92 Å². The Morgan fingerprint density at radius 3 is 1.63 bits per heavy atom. The number of ether oxygens (including phenoxy) is 2. The van der Waals surface area contributed by atoms with Crippen LogP contribution in [0.15, 0.2) is 11.1 Å². The van der Waals surface area contributed by atoms with Gasteiger partial charge in [0.25, 0.3) is 0 Å². The Hall–Kier alpha value is -1.32. The molecule has 0 unspecified atom stereocenters. The number of rotatable bonds is 15. The first-order chi connectivity index (χ1) is 12.8. The highest BCUT2D eigenvalue weighted by Crippen LogP contribution is 2.19. The van der Waals surface area contributed by atoms with Crippen molar-refractivity contribution in [3.63, 3.8) is 0 Å². The van der Waals surface area contributed by atoms with E-state index in [0.717, 1.165) is 12.8 Å². The molecule has 0 aromatic rings. The number of esters is 2. The molecule has 0 atom stereocenters. The summed E-state index contributed by atoms with van der Waals surface area (Å²) in [6, 6.07) is 0. The standard InChI is InChI=1S/C23H42O4/c1-7-8-9-10-11-12-13-14-15-21(23(25)27-17-19(4)5)20(6)22(24)26-16-18(2)3/h18-19H,7-17H2,1-6H3. The van der Waals surface area contributed by atoms with Gasteiger partial charge >= 0.3 is 11.9 Å². The maximum Gasteiger partial charge on any atom is 0.334 e. The van der Waals surface area contributed by atoms with Crippen molar-refractivity contribution in [2.75, 3.05) is 13.2 Å². The summed E-state index contributed by atoms with van der Waals surface area (Å²) in [6.07, 6.45) is 10.1. The summed E-state index contributed by atoms with van der Waals surface area (Å²) >= 11 is 0. The van der Waals surface area contributed by atoms with E-state index in [0.29, 0.717) is 30.8 Å². The monoisotopic (exact) mass is 382 g/mol. The van der Waals surface area contributed by atoms with Gasteiger partial charge in [-0.1, -0.05) is 79.6 Å². The third-order valence-electron chi connectivity index (χ3n) is 4.38. The van der Waals surface area contributed by atoms with Crippen molar-refractivity contribution in [1.82, 2.24) is 0 Å². The largest absolute Gasteiger partial charge is 0.462 e. The Kier molecular flexibility index (Phi) is 14.9. The van der Waals surface area contributed by atoms with Crippen molar-refractivity contribution in [2.45, 2.75) is 99.3 Å². The molecular formula is C23H42O4. The second kappa shape index (κ2) is 15.7. The van der Waals surface area contributed by atoms with E-state index >= 15 is 0 Å². The van der Waals surface area contributed by atoms with Gasteiger partial charge in [-0.25, -0.2) is 9.59 Å². The zero-order valence-electron chi connectivity index (χ0n) is 18.6. The quantitative estimate of drug-likeness (QED) is 0.191. The molecule has 27 heavy (non-hydrogen) atoms. The topological polar surface area (TPSA) is 52.6 Å². The van der Waals surface area contributed by atoms with Gasteiger partial charge in [-0.15, -0.1) is 0 Å². The van der Waals surface area contributed by atoms with Crippen LogP contribution in [0.3, 0.4) is 0 Å². The van der Waals surface area contributed by atoms with Crippen LogP contribution in [0.4, 0.5) is 0 Å². The highest BCUT2D eigenvalue weighted by atomic mass is 16.5. The van der Waals surface area contributed by atoms with E-state index < -0.39 is 5.97 Å². The zero-order chi connectivity index (χ0) is 20.7. The highest BCUT2D eigenvalue weighted by molar-refractivity contribution is 5.99. The van der Waals surface area contributed by atoms with Crippen molar-refractivity contribution in [3.8, 4) is 0 Å². The third-order valence-corrected chi connectivity index (χ3v) is 4.38. The predicted molar refractivity (Wildman–Crippen MR) is 112 cm³/mol. The van der Waals surface area contributed by atoms with Crippen molar-refractivity contribution in [1.29, 1.82) is 0 Å². The van der Waals surface area contributed by atoms with Crippen molar-refractivity contribution < 1.29 is 19.1 Å². The van der Waals surface area contributed by atoms with E-state index in [1.807, 2.05) is 27.7 Å². The van der Waals surface area contributed by atoms with Crippen LogP contribution >= 0.6 is 0 Å². The minimum Gasteiger partial charge on any atom is -0.462 e. The summed E-state index contributed by atoms with van der Waals surface area (Å²) in [5, 5.41) is 0. The van der Waals surface area contributed by atoms with E-state index in [-0.39, 0.29) is 17.8 Å². The maximum atomic E-state index is 12.5. The second-order valence-electron chi connectivity index (χ2n) is 8.31. The van der Waals surface area contributed by atoms with Crippen LogP contribution in [0.2, 0.25) is 0 Å². The molecule has 0 aliphatic rings. The van der Waals surface area contributed by atoms with Gasteiger partial charge in [-0.05, 0) is 31.6 Å². The van der Waals surface area contributed by atoms with Gasteiger partial charge in [0.05, 0.1) is 13.2 Å². The van der Waals surface area contributed by atoms with Crippen LogP contribution in [-0.4, -0.2) is 25.2 Å². The smallest absolute Gasteiger partial charge is 0.334 e. The number of hydrogen-bond donors (Lipinski definition) is 0. The minimum atomic E-state index is -0.403. The molecule has 0 N–H and O–H groups in total. The lowest BCUT2D eigenvalue weighted by Gasteiger charge is -2.14.